The fourth-order valence-corrected chi connectivity index (χ4v) is 2.65. The zero-order valence-electron chi connectivity index (χ0n) is 18.0. The summed E-state index contributed by atoms with van der Waals surface area (Å²) in [6.45, 7) is 2.04. The number of amides is 6. The number of guanidine groups is 1. The molecule has 0 bridgehead atoms. The number of carbonyl (C=O) groups excluding carboxylic acids is 3. The molecule has 0 aromatic carbocycles. The molecule has 0 aromatic rings. The second-order valence-corrected chi connectivity index (χ2v) is 6.92. The Morgan fingerprint density at radius 2 is 1.35 bits per heavy atom. The summed E-state index contributed by atoms with van der Waals surface area (Å²) < 4.78 is 0. The third-order valence-corrected chi connectivity index (χ3v) is 4.14. The number of rotatable bonds is 16. The molecule has 14 nitrogen and oxygen atoms in total. The molecule has 14 heteroatoms. The summed E-state index contributed by atoms with van der Waals surface area (Å²) in [6, 6.07) is -2.15. The van der Waals surface area contributed by atoms with Crippen LogP contribution in [0.3, 0.4) is 0 Å². The van der Waals surface area contributed by atoms with Gasteiger partial charge >= 0.3 is 18.1 Å². The minimum atomic E-state index is -0.693. The van der Waals surface area contributed by atoms with E-state index in [1.165, 1.54) is 0 Å². The number of urea groups is 3. The first kappa shape index (κ1) is 28.0. The van der Waals surface area contributed by atoms with Gasteiger partial charge in [0.1, 0.15) is 0 Å². The highest BCUT2D eigenvalue weighted by molar-refractivity contribution is 5.76. The van der Waals surface area contributed by atoms with Crippen LogP contribution in [-0.4, -0.2) is 75.4 Å². The Morgan fingerprint density at radius 3 is 1.94 bits per heavy atom. The van der Waals surface area contributed by atoms with Crippen molar-refractivity contribution in [2.75, 3.05) is 39.3 Å². The molecule has 31 heavy (non-hydrogen) atoms. The zero-order valence-corrected chi connectivity index (χ0v) is 18.0. The minimum Gasteiger partial charge on any atom is -0.370 e. The van der Waals surface area contributed by atoms with Crippen molar-refractivity contribution in [2.45, 2.75) is 44.2 Å². The fraction of sp³-hybridized carbons (Fsp3) is 0.765. The van der Waals surface area contributed by atoms with Gasteiger partial charge in [0, 0.05) is 44.8 Å². The molecule has 0 aliphatic carbocycles. The monoisotopic (exact) mass is 445 g/mol. The fourth-order valence-electron chi connectivity index (χ4n) is 2.65. The van der Waals surface area contributed by atoms with Crippen LogP contribution in [0.4, 0.5) is 14.4 Å². The number of nitrogens with zero attached hydrogens (tertiary/aromatic N) is 1. The van der Waals surface area contributed by atoms with E-state index >= 15 is 0 Å². The zero-order chi connectivity index (χ0) is 23.5. The Labute approximate surface area is 182 Å². The summed E-state index contributed by atoms with van der Waals surface area (Å²) in [6.07, 6.45) is 3.35. The van der Waals surface area contributed by atoms with Gasteiger partial charge in [0.15, 0.2) is 5.96 Å². The highest BCUT2D eigenvalue weighted by Gasteiger charge is 2.16. The highest BCUT2D eigenvalue weighted by Crippen LogP contribution is 2.01. The van der Waals surface area contributed by atoms with Gasteiger partial charge in [-0.15, -0.1) is 0 Å². The van der Waals surface area contributed by atoms with Crippen molar-refractivity contribution in [2.24, 2.45) is 33.7 Å². The molecule has 6 amide bonds. The highest BCUT2D eigenvalue weighted by atomic mass is 16.2. The maximum absolute atomic E-state index is 12.3. The van der Waals surface area contributed by atoms with E-state index in [0.717, 1.165) is 12.8 Å². The van der Waals surface area contributed by atoms with Crippen LogP contribution in [0, 0.1) is 0 Å². The number of hydrogen-bond donors (Lipinski definition) is 10. The first-order valence-corrected chi connectivity index (χ1v) is 10.4. The van der Waals surface area contributed by atoms with Gasteiger partial charge in [0.2, 0.25) is 0 Å². The van der Waals surface area contributed by atoms with Gasteiger partial charge < -0.3 is 55.3 Å². The molecule has 15 N–H and O–H groups in total. The number of aliphatic imine (C=N–C) groups is 1. The summed E-state index contributed by atoms with van der Waals surface area (Å²) in [5, 5.41) is 13.4. The molecule has 2 unspecified atom stereocenters. The summed E-state index contributed by atoms with van der Waals surface area (Å²) in [5.41, 5.74) is 26.6. The van der Waals surface area contributed by atoms with Crippen LogP contribution in [0.1, 0.15) is 32.1 Å². The van der Waals surface area contributed by atoms with Crippen molar-refractivity contribution in [1.29, 1.82) is 0 Å². The van der Waals surface area contributed by atoms with E-state index in [1.807, 2.05) is 0 Å². The van der Waals surface area contributed by atoms with E-state index in [-0.39, 0.29) is 37.2 Å². The third kappa shape index (κ3) is 17.6. The molecular weight excluding hydrogens is 406 g/mol. The molecule has 180 valence electrons. The number of nitrogens with one attached hydrogen (secondary N) is 5. The molecule has 0 aromatic heterocycles. The molecule has 0 saturated carbocycles. The van der Waals surface area contributed by atoms with Gasteiger partial charge in [-0.2, -0.15) is 0 Å². The number of nitrogens with two attached hydrogens (primary N) is 5. The van der Waals surface area contributed by atoms with E-state index in [2.05, 4.69) is 31.6 Å². The third-order valence-electron chi connectivity index (χ3n) is 4.14. The maximum atomic E-state index is 12.3. The molecule has 0 spiro atoms. The van der Waals surface area contributed by atoms with E-state index in [4.69, 9.17) is 28.7 Å². The minimum absolute atomic E-state index is 0.0112. The lowest BCUT2D eigenvalue weighted by molar-refractivity contribution is 0.228. The summed E-state index contributed by atoms with van der Waals surface area (Å²) in [7, 11) is 0. The molecule has 0 fully saturated rings. The van der Waals surface area contributed by atoms with Crippen LogP contribution in [0.5, 0.6) is 0 Å². The number of carbonyl (C=O) groups is 3. The second-order valence-electron chi connectivity index (χ2n) is 6.92. The summed E-state index contributed by atoms with van der Waals surface area (Å²) >= 11 is 0. The Morgan fingerprint density at radius 1 is 0.742 bits per heavy atom. The van der Waals surface area contributed by atoms with E-state index in [0.29, 0.717) is 45.4 Å². The topological polar surface area (TPSA) is 254 Å². The lowest BCUT2D eigenvalue weighted by Gasteiger charge is -2.22. The van der Waals surface area contributed by atoms with E-state index < -0.39 is 12.1 Å². The van der Waals surface area contributed by atoms with Gasteiger partial charge in [-0.3, -0.25) is 4.99 Å². The number of hydrogen-bond acceptors (Lipinski definition) is 6. The van der Waals surface area contributed by atoms with Crippen molar-refractivity contribution < 1.29 is 14.4 Å². The van der Waals surface area contributed by atoms with Gasteiger partial charge in [0.05, 0.1) is 0 Å². The largest absolute Gasteiger partial charge is 0.370 e. The Bertz CT molecular complexity index is 555. The quantitative estimate of drug-likeness (QED) is 0.0674. The van der Waals surface area contributed by atoms with E-state index in [1.54, 1.807) is 0 Å². The lowest BCUT2D eigenvalue weighted by Crippen LogP contribution is -2.52. The van der Waals surface area contributed by atoms with Crippen LogP contribution in [0.2, 0.25) is 0 Å². The van der Waals surface area contributed by atoms with Crippen molar-refractivity contribution in [3.05, 3.63) is 0 Å². The first-order valence-electron chi connectivity index (χ1n) is 10.4. The molecular formula is C17H39N11O3. The van der Waals surface area contributed by atoms with Crippen LogP contribution in [0.15, 0.2) is 4.99 Å². The molecule has 2 atom stereocenters. The van der Waals surface area contributed by atoms with E-state index in [9.17, 15) is 14.4 Å². The van der Waals surface area contributed by atoms with Crippen molar-refractivity contribution in [1.82, 2.24) is 26.6 Å². The van der Waals surface area contributed by atoms with Gasteiger partial charge in [-0.05, 0) is 32.2 Å². The Balaban J connectivity index is 4.57. The predicted molar refractivity (Wildman–Crippen MR) is 120 cm³/mol. The smallest absolute Gasteiger partial charge is 0.315 e. The summed E-state index contributed by atoms with van der Waals surface area (Å²) in [4.78, 5) is 39.1. The standard InChI is InChI=1S/C17H39N11O3/c18-6-2-1-4-13(11-25-16(30)24-9-7-19)28-17(31)26-10-12(27-15(22)29)5-3-8-23-14(20)21/h12-13H,1-11,18-19H2,(H4,20,21,23)(H3,22,27,29)(H2,24,25,30)(H2,26,28,31). The SMILES string of the molecule is NCCCCC(CNC(=O)NCCN)NC(=O)NCC(CCCN=C(N)N)NC(N)=O. The van der Waals surface area contributed by atoms with Gasteiger partial charge in [-0.25, -0.2) is 14.4 Å². The van der Waals surface area contributed by atoms with Crippen molar-refractivity contribution >= 4 is 24.1 Å². The summed E-state index contributed by atoms with van der Waals surface area (Å²) in [5.74, 6) is -0.0112. The van der Waals surface area contributed by atoms with Crippen LogP contribution < -0.4 is 55.3 Å². The second kappa shape index (κ2) is 17.8. The van der Waals surface area contributed by atoms with Crippen LogP contribution in [0.25, 0.3) is 0 Å². The predicted octanol–water partition coefficient (Wildman–Crippen LogP) is -2.87. The molecule has 0 rings (SSSR count). The first-order chi connectivity index (χ1) is 14.8. The van der Waals surface area contributed by atoms with Crippen LogP contribution >= 0.6 is 0 Å². The van der Waals surface area contributed by atoms with Crippen molar-refractivity contribution in [3.8, 4) is 0 Å². The normalized spacial score (nSPS) is 12.2. The van der Waals surface area contributed by atoms with Gasteiger partial charge in [0.25, 0.3) is 0 Å². The van der Waals surface area contributed by atoms with Gasteiger partial charge in [-0.1, -0.05) is 6.42 Å². The average molecular weight is 446 g/mol. The number of primary amides is 1. The molecule has 0 radical (unpaired) electrons. The Kier molecular flexibility index (Phi) is 16.1. The maximum Gasteiger partial charge on any atom is 0.315 e. The number of unbranched alkanes of at least 4 members (excludes halogenated alkanes) is 1. The Hall–Kier alpha value is -3.00. The lowest BCUT2D eigenvalue weighted by atomic mass is 10.1. The molecule has 0 saturated heterocycles. The molecule has 0 aliphatic heterocycles. The molecule has 0 aliphatic rings. The van der Waals surface area contributed by atoms with Crippen molar-refractivity contribution in [3.63, 3.8) is 0 Å². The average Bonchev–Trinajstić information content (AvgIpc) is 2.71. The molecule has 0 heterocycles. The van der Waals surface area contributed by atoms with Crippen LogP contribution in [-0.2, 0) is 0 Å².